The maximum Gasteiger partial charge on any atom is 0.233 e. The Morgan fingerprint density at radius 2 is 2.04 bits per heavy atom. The molecule has 25 heavy (non-hydrogen) atoms. The minimum Gasteiger partial charge on any atom is -0.382 e. The van der Waals surface area contributed by atoms with Crippen LogP contribution >= 0.6 is 11.8 Å². The number of benzene rings is 1. The van der Waals surface area contributed by atoms with E-state index in [-0.39, 0.29) is 11.2 Å². The zero-order valence-corrected chi connectivity index (χ0v) is 16.1. The van der Waals surface area contributed by atoms with Crippen molar-refractivity contribution in [2.45, 2.75) is 37.6 Å². The van der Waals surface area contributed by atoms with Gasteiger partial charge in [0.25, 0.3) is 0 Å². The molecule has 136 valence electrons. The summed E-state index contributed by atoms with van der Waals surface area (Å²) in [6.45, 7) is 7.89. The third kappa shape index (κ3) is 5.57. The first-order valence-corrected chi connectivity index (χ1v) is 9.39. The van der Waals surface area contributed by atoms with Crippen molar-refractivity contribution in [1.82, 2.24) is 20.1 Å². The monoisotopic (exact) mass is 362 g/mol. The smallest absolute Gasteiger partial charge is 0.233 e. The molecule has 0 saturated heterocycles. The van der Waals surface area contributed by atoms with Crippen molar-refractivity contribution in [2.75, 3.05) is 19.8 Å². The van der Waals surface area contributed by atoms with E-state index in [9.17, 15) is 4.79 Å². The molecule has 1 heterocycles. The maximum absolute atomic E-state index is 12.2. The van der Waals surface area contributed by atoms with Gasteiger partial charge in [-0.3, -0.25) is 4.79 Å². The minimum absolute atomic E-state index is 0.00128. The molecular formula is C18H26N4O2S. The van der Waals surface area contributed by atoms with Crippen molar-refractivity contribution in [3.05, 3.63) is 29.8 Å². The molecule has 0 fully saturated rings. The number of hydrogen-bond donors (Lipinski definition) is 1. The fourth-order valence-electron chi connectivity index (χ4n) is 2.26. The lowest BCUT2D eigenvalue weighted by atomic mass is 10.1. The van der Waals surface area contributed by atoms with Crippen molar-refractivity contribution in [2.24, 2.45) is 7.05 Å². The van der Waals surface area contributed by atoms with Gasteiger partial charge in [-0.15, -0.1) is 10.2 Å². The van der Waals surface area contributed by atoms with Crippen molar-refractivity contribution in [3.8, 4) is 11.4 Å². The van der Waals surface area contributed by atoms with Crippen molar-refractivity contribution in [1.29, 1.82) is 0 Å². The van der Waals surface area contributed by atoms with E-state index in [0.717, 1.165) is 23.0 Å². The second kappa shape index (κ2) is 9.58. The molecule has 2 aromatic rings. The van der Waals surface area contributed by atoms with E-state index in [4.69, 9.17) is 4.74 Å². The third-order valence-corrected chi connectivity index (χ3v) is 4.90. The standard InChI is InChI=1S/C18H26N4O2S/c1-5-24-12-6-11-19-17(23)14(3)25-18-21-20-16(22(18)4)15-9-7-13(2)8-10-15/h7-10,14H,5-6,11-12H2,1-4H3,(H,19,23). The summed E-state index contributed by atoms with van der Waals surface area (Å²) in [4.78, 5) is 12.2. The summed E-state index contributed by atoms with van der Waals surface area (Å²) in [6, 6.07) is 8.16. The molecule has 1 N–H and O–H groups in total. The highest BCUT2D eigenvalue weighted by Gasteiger charge is 2.19. The van der Waals surface area contributed by atoms with Gasteiger partial charge in [0.15, 0.2) is 11.0 Å². The number of carbonyl (C=O) groups excluding carboxylic acids is 1. The molecule has 1 amide bonds. The number of aromatic nitrogens is 3. The quantitative estimate of drug-likeness (QED) is 0.549. The Morgan fingerprint density at radius 3 is 2.72 bits per heavy atom. The molecule has 0 bridgehead atoms. The van der Waals surface area contributed by atoms with Crippen LogP contribution in [0, 0.1) is 6.92 Å². The van der Waals surface area contributed by atoms with E-state index in [1.165, 1.54) is 17.3 Å². The van der Waals surface area contributed by atoms with Crippen LogP contribution in [0.2, 0.25) is 0 Å². The Morgan fingerprint density at radius 1 is 1.32 bits per heavy atom. The van der Waals surface area contributed by atoms with Crippen LogP contribution in [0.3, 0.4) is 0 Å². The molecule has 1 unspecified atom stereocenters. The molecule has 0 aliphatic heterocycles. The molecule has 1 aromatic carbocycles. The van der Waals surface area contributed by atoms with Gasteiger partial charge in [0.2, 0.25) is 5.91 Å². The number of ether oxygens (including phenoxy) is 1. The molecule has 1 aromatic heterocycles. The highest BCUT2D eigenvalue weighted by atomic mass is 32.2. The van der Waals surface area contributed by atoms with Crippen molar-refractivity contribution < 1.29 is 9.53 Å². The zero-order chi connectivity index (χ0) is 18.2. The average molecular weight is 362 g/mol. The topological polar surface area (TPSA) is 69.0 Å². The van der Waals surface area contributed by atoms with Gasteiger partial charge in [-0.2, -0.15) is 0 Å². The number of rotatable bonds is 9. The molecule has 0 saturated carbocycles. The van der Waals surface area contributed by atoms with Gasteiger partial charge < -0.3 is 14.6 Å². The molecule has 0 radical (unpaired) electrons. The highest BCUT2D eigenvalue weighted by Crippen LogP contribution is 2.25. The van der Waals surface area contributed by atoms with Gasteiger partial charge in [-0.05, 0) is 27.2 Å². The van der Waals surface area contributed by atoms with Crippen molar-refractivity contribution >= 4 is 17.7 Å². The van der Waals surface area contributed by atoms with Gasteiger partial charge >= 0.3 is 0 Å². The Labute approximate surface area is 153 Å². The van der Waals surface area contributed by atoms with E-state index in [0.29, 0.717) is 19.8 Å². The van der Waals surface area contributed by atoms with E-state index in [1.807, 2.05) is 37.6 Å². The van der Waals surface area contributed by atoms with Gasteiger partial charge in [0.1, 0.15) is 0 Å². The Balaban J connectivity index is 1.92. The number of nitrogens with one attached hydrogen (secondary N) is 1. The van der Waals surface area contributed by atoms with Crippen LogP contribution in [0.1, 0.15) is 25.8 Å². The summed E-state index contributed by atoms with van der Waals surface area (Å²) >= 11 is 1.41. The normalized spacial score (nSPS) is 12.2. The largest absolute Gasteiger partial charge is 0.382 e. The second-order valence-electron chi connectivity index (χ2n) is 5.83. The van der Waals surface area contributed by atoms with Crippen LogP contribution < -0.4 is 5.32 Å². The number of thioether (sulfide) groups is 1. The van der Waals surface area contributed by atoms with Crippen LogP contribution in [-0.4, -0.2) is 45.7 Å². The molecule has 0 spiro atoms. The fourth-order valence-corrected chi connectivity index (χ4v) is 3.10. The van der Waals surface area contributed by atoms with Crippen LogP contribution in [0.15, 0.2) is 29.4 Å². The van der Waals surface area contributed by atoms with Crippen molar-refractivity contribution in [3.63, 3.8) is 0 Å². The van der Waals surface area contributed by atoms with Crippen LogP contribution in [0.25, 0.3) is 11.4 Å². The maximum atomic E-state index is 12.2. The van der Waals surface area contributed by atoms with Crippen LogP contribution in [0.4, 0.5) is 0 Å². The lowest BCUT2D eigenvalue weighted by molar-refractivity contribution is -0.120. The van der Waals surface area contributed by atoms with Crippen LogP contribution in [-0.2, 0) is 16.6 Å². The summed E-state index contributed by atoms with van der Waals surface area (Å²) in [6.07, 6.45) is 0.818. The first-order valence-electron chi connectivity index (χ1n) is 8.51. The van der Waals surface area contributed by atoms with Gasteiger partial charge in [-0.1, -0.05) is 41.6 Å². The number of amides is 1. The summed E-state index contributed by atoms with van der Waals surface area (Å²) < 4.78 is 7.19. The SMILES string of the molecule is CCOCCCNC(=O)C(C)Sc1nnc(-c2ccc(C)cc2)n1C. The van der Waals surface area contributed by atoms with E-state index < -0.39 is 0 Å². The molecule has 1 atom stereocenters. The van der Waals surface area contributed by atoms with Gasteiger partial charge in [0.05, 0.1) is 5.25 Å². The first-order chi connectivity index (χ1) is 12.0. The summed E-state index contributed by atoms with van der Waals surface area (Å²) in [7, 11) is 1.92. The molecule has 6 nitrogen and oxygen atoms in total. The Hall–Kier alpha value is -1.86. The average Bonchev–Trinajstić information content (AvgIpc) is 2.96. The number of aryl methyl sites for hydroxylation is 1. The van der Waals surface area contributed by atoms with E-state index >= 15 is 0 Å². The van der Waals surface area contributed by atoms with E-state index in [1.54, 1.807) is 0 Å². The predicted molar refractivity (Wildman–Crippen MR) is 101 cm³/mol. The second-order valence-corrected chi connectivity index (χ2v) is 7.14. The summed E-state index contributed by atoms with van der Waals surface area (Å²) in [5.74, 6) is 0.799. The number of hydrogen-bond acceptors (Lipinski definition) is 5. The lowest BCUT2D eigenvalue weighted by Crippen LogP contribution is -2.32. The number of carbonyl (C=O) groups is 1. The molecular weight excluding hydrogens is 336 g/mol. The van der Waals surface area contributed by atoms with E-state index in [2.05, 4.69) is 34.6 Å². The highest BCUT2D eigenvalue weighted by molar-refractivity contribution is 8.00. The van der Waals surface area contributed by atoms with Gasteiger partial charge in [-0.25, -0.2) is 0 Å². The summed E-state index contributed by atoms with van der Waals surface area (Å²) in [5, 5.41) is 11.9. The molecule has 2 rings (SSSR count). The first kappa shape index (κ1) is 19.5. The fraction of sp³-hybridized carbons (Fsp3) is 0.500. The lowest BCUT2D eigenvalue weighted by Gasteiger charge is -2.11. The molecule has 0 aliphatic rings. The summed E-state index contributed by atoms with van der Waals surface area (Å²) in [5.41, 5.74) is 2.22. The molecule has 0 aliphatic carbocycles. The molecule has 7 heteroatoms. The number of nitrogens with zero attached hydrogens (tertiary/aromatic N) is 3. The van der Waals surface area contributed by atoms with Crippen LogP contribution in [0.5, 0.6) is 0 Å². The Bertz CT molecular complexity index is 685. The minimum atomic E-state index is -0.235. The third-order valence-electron chi connectivity index (χ3n) is 3.76. The Kier molecular flexibility index (Phi) is 7.46. The van der Waals surface area contributed by atoms with Gasteiger partial charge in [0, 0.05) is 32.4 Å². The zero-order valence-electron chi connectivity index (χ0n) is 15.3. The predicted octanol–water partition coefficient (Wildman–Crippen LogP) is 2.81.